The Kier molecular flexibility index (Phi) is 5.89. The van der Waals surface area contributed by atoms with Crippen molar-refractivity contribution in [3.05, 3.63) is 34.1 Å². The van der Waals surface area contributed by atoms with Crippen LogP contribution in [0.3, 0.4) is 0 Å². The van der Waals surface area contributed by atoms with Crippen molar-refractivity contribution in [3.63, 3.8) is 0 Å². The maximum Gasteiger partial charge on any atom is 0.347 e. The lowest BCUT2D eigenvalue weighted by atomic mass is 10.2. The summed E-state index contributed by atoms with van der Waals surface area (Å²) in [6.45, 7) is 3.65. The highest BCUT2D eigenvalue weighted by atomic mass is 19.1. The molecule has 7 heteroatoms. The van der Waals surface area contributed by atoms with Crippen molar-refractivity contribution in [1.29, 1.82) is 0 Å². The molecule has 20 heavy (non-hydrogen) atoms. The molecule has 1 rings (SSSR count). The normalized spacial score (nSPS) is 11.8. The molecule has 0 saturated carbocycles. The zero-order valence-corrected chi connectivity index (χ0v) is 11.3. The van der Waals surface area contributed by atoms with Crippen molar-refractivity contribution in [2.24, 2.45) is 0 Å². The van der Waals surface area contributed by atoms with E-state index in [1.807, 2.05) is 6.92 Å². The average Bonchev–Trinajstić information content (AvgIpc) is 2.38. The predicted octanol–water partition coefficient (Wildman–Crippen LogP) is 2.84. The van der Waals surface area contributed by atoms with Crippen LogP contribution in [-0.2, 0) is 9.53 Å². The third kappa shape index (κ3) is 4.18. The first kappa shape index (κ1) is 15.9. The molecule has 0 N–H and O–H groups in total. The maximum atomic E-state index is 13.2. The fourth-order valence-corrected chi connectivity index (χ4v) is 1.61. The number of nitro groups is 1. The third-order valence-corrected chi connectivity index (χ3v) is 2.49. The van der Waals surface area contributed by atoms with Crippen molar-refractivity contribution in [1.82, 2.24) is 0 Å². The Hall–Kier alpha value is -2.18. The standard InChI is InChI=1S/C13H16FNO5/c1-3-5-11(13(16)19-4-2)20-12-8-9(14)6-7-10(12)15(17)18/h6-8,11H,3-5H2,1-2H3. The first-order valence-electron chi connectivity index (χ1n) is 6.26. The molecule has 0 bridgehead atoms. The molecule has 1 unspecified atom stereocenters. The molecular weight excluding hydrogens is 269 g/mol. The minimum absolute atomic E-state index is 0.174. The summed E-state index contributed by atoms with van der Waals surface area (Å²) in [5.41, 5.74) is -0.392. The first-order chi connectivity index (χ1) is 9.49. The smallest absolute Gasteiger partial charge is 0.347 e. The van der Waals surface area contributed by atoms with Gasteiger partial charge in [0.2, 0.25) is 5.75 Å². The van der Waals surface area contributed by atoms with Crippen LogP contribution < -0.4 is 4.74 Å². The van der Waals surface area contributed by atoms with Crippen molar-refractivity contribution in [2.45, 2.75) is 32.8 Å². The van der Waals surface area contributed by atoms with Gasteiger partial charge in [0, 0.05) is 12.1 Å². The monoisotopic (exact) mass is 285 g/mol. The number of nitro benzene ring substituents is 1. The molecule has 0 aliphatic heterocycles. The van der Waals surface area contributed by atoms with E-state index in [-0.39, 0.29) is 12.4 Å². The Bertz CT molecular complexity index is 492. The van der Waals surface area contributed by atoms with Gasteiger partial charge in [-0.15, -0.1) is 0 Å². The highest BCUT2D eigenvalue weighted by Gasteiger charge is 2.25. The summed E-state index contributed by atoms with van der Waals surface area (Å²) in [5.74, 6) is -1.57. The van der Waals surface area contributed by atoms with Gasteiger partial charge >= 0.3 is 11.7 Å². The van der Waals surface area contributed by atoms with Crippen LogP contribution in [0, 0.1) is 15.9 Å². The molecule has 0 amide bonds. The number of esters is 1. The van der Waals surface area contributed by atoms with Crippen LogP contribution in [0.5, 0.6) is 5.75 Å². The van der Waals surface area contributed by atoms with E-state index in [0.717, 1.165) is 18.2 Å². The van der Waals surface area contributed by atoms with Crippen LogP contribution in [0.4, 0.5) is 10.1 Å². The number of halogens is 1. The largest absolute Gasteiger partial charge is 0.471 e. The van der Waals surface area contributed by atoms with Crippen molar-refractivity contribution in [2.75, 3.05) is 6.61 Å². The lowest BCUT2D eigenvalue weighted by molar-refractivity contribution is -0.386. The van der Waals surface area contributed by atoms with E-state index in [0.29, 0.717) is 12.8 Å². The van der Waals surface area contributed by atoms with Gasteiger partial charge in [-0.1, -0.05) is 13.3 Å². The van der Waals surface area contributed by atoms with Gasteiger partial charge in [0.05, 0.1) is 11.5 Å². The van der Waals surface area contributed by atoms with Gasteiger partial charge in [-0.2, -0.15) is 0 Å². The van der Waals surface area contributed by atoms with Crippen LogP contribution >= 0.6 is 0 Å². The molecule has 0 heterocycles. The van der Waals surface area contributed by atoms with E-state index >= 15 is 0 Å². The molecule has 0 aliphatic rings. The van der Waals surface area contributed by atoms with Crippen LogP contribution in [-0.4, -0.2) is 23.6 Å². The Morgan fingerprint density at radius 2 is 2.15 bits per heavy atom. The summed E-state index contributed by atoms with van der Waals surface area (Å²) in [4.78, 5) is 21.9. The lowest BCUT2D eigenvalue weighted by Crippen LogP contribution is -2.29. The van der Waals surface area contributed by atoms with Gasteiger partial charge in [0.1, 0.15) is 5.82 Å². The van der Waals surface area contributed by atoms with Crippen LogP contribution in [0.2, 0.25) is 0 Å². The minimum Gasteiger partial charge on any atom is -0.471 e. The van der Waals surface area contributed by atoms with E-state index in [2.05, 4.69) is 0 Å². The Morgan fingerprint density at radius 1 is 1.45 bits per heavy atom. The molecule has 0 saturated heterocycles. The number of rotatable bonds is 7. The van der Waals surface area contributed by atoms with E-state index in [4.69, 9.17) is 9.47 Å². The molecule has 1 aromatic rings. The van der Waals surface area contributed by atoms with Gasteiger partial charge in [-0.25, -0.2) is 9.18 Å². The molecule has 1 atom stereocenters. The van der Waals surface area contributed by atoms with E-state index < -0.39 is 28.5 Å². The number of carbonyl (C=O) groups excluding carboxylic acids is 1. The van der Waals surface area contributed by atoms with Crippen LogP contribution in [0.1, 0.15) is 26.7 Å². The highest BCUT2D eigenvalue weighted by molar-refractivity contribution is 5.75. The molecule has 6 nitrogen and oxygen atoms in total. The summed E-state index contributed by atoms with van der Waals surface area (Å²) in [6, 6.07) is 2.85. The van der Waals surface area contributed by atoms with Crippen molar-refractivity contribution in [3.8, 4) is 5.75 Å². The van der Waals surface area contributed by atoms with Gasteiger partial charge in [0.15, 0.2) is 6.10 Å². The van der Waals surface area contributed by atoms with Gasteiger partial charge in [-0.05, 0) is 19.4 Å². The van der Waals surface area contributed by atoms with Crippen LogP contribution in [0.25, 0.3) is 0 Å². The molecule has 0 aliphatic carbocycles. The topological polar surface area (TPSA) is 78.7 Å². The quantitative estimate of drug-likeness (QED) is 0.437. The van der Waals surface area contributed by atoms with E-state index in [9.17, 15) is 19.3 Å². The summed E-state index contributed by atoms with van der Waals surface area (Å²) in [5, 5.41) is 10.9. The van der Waals surface area contributed by atoms with Gasteiger partial charge < -0.3 is 9.47 Å². The minimum atomic E-state index is -0.986. The molecule has 0 radical (unpaired) electrons. The van der Waals surface area contributed by atoms with E-state index in [1.54, 1.807) is 6.92 Å². The first-order valence-corrected chi connectivity index (χ1v) is 6.26. The Balaban J connectivity index is 3.00. The predicted molar refractivity (Wildman–Crippen MR) is 69.0 cm³/mol. The number of hydrogen-bond donors (Lipinski definition) is 0. The zero-order valence-electron chi connectivity index (χ0n) is 11.3. The summed E-state index contributed by atoms with van der Waals surface area (Å²) in [6.07, 6.45) is -0.0421. The second kappa shape index (κ2) is 7.42. The number of ether oxygens (including phenoxy) is 2. The Labute approximate surface area is 115 Å². The number of benzene rings is 1. The Morgan fingerprint density at radius 3 is 2.70 bits per heavy atom. The highest BCUT2D eigenvalue weighted by Crippen LogP contribution is 2.29. The van der Waals surface area contributed by atoms with Crippen molar-refractivity contribution < 1.29 is 23.6 Å². The molecule has 0 spiro atoms. The average molecular weight is 285 g/mol. The summed E-state index contributed by atoms with van der Waals surface area (Å²) in [7, 11) is 0. The zero-order chi connectivity index (χ0) is 15.1. The fourth-order valence-electron chi connectivity index (χ4n) is 1.61. The second-order valence-corrected chi connectivity index (χ2v) is 4.02. The SMILES string of the molecule is CCCC(Oc1cc(F)ccc1[N+](=O)[O-])C(=O)OCC. The number of nitrogens with zero attached hydrogens (tertiary/aromatic N) is 1. The molecule has 0 aromatic heterocycles. The second-order valence-electron chi connectivity index (χ2n) is 4.02. The molecule has 110 valence electrons. The van der Waals surface area contributed by atoms with Crippen molar-refractivity contribution >= 4 is 11.7 Å². The van der Waals surface area contributed by atoms with Crippen LogP contribution in [0.15, 0.2) is 18.2 Å². The lowest BCUT2D eigenvalue weighted by Gasteiger charge is -2.16. The maximum absolute atomic E-state index is 13.2. The van der Waals surface area contributed by atoms with Gasteiger partial charge in [-0.3, -0.25) is 10.1 Å². The fraction of sp³-hybridized carbons (Fsp3) is 0.462. The molecule has 0 fully saturated rings. The molecule has 1 aromatic carbocycles. The summed E-state index contributed by atoms with van der Waals surface area (Å²) >= 11 is 0. The number of carbonyl (C=O) groups is 1. The molecular formula is C13H16FNO5. The third-order valence-electron chi connectivity index (χ3n) is 2.49. The van der Waals surface area contributed by atoms with Gasteiger partial charge in [0.25, 0.3) is 0 Å². The van der Waals surface area contributed by atoms with E-state index in [1.165, 1.54) is 0 Å². The number of hydrogen-bond acceptors (Lipinski definition) is 5. The summed E-state index contributed by atoms with van der Waals surface area (Å²) < 4.78 is 23.3.